The van der Waals surface area contributed by atoms with Crippen molar-refractivity contribution in [2.75, 3.05) is 13.1 Å². The Labute approximate surface area is 190 Å². The Bertz CT molecular complexity index is 905. The highest BCUT2D eigenvalue weighted by Gasteiger charge is 2.50. The lowest BCUT2D eigenvalue weighted by atomic mass is 9.54. The Morgan fingerprint density at radius 3 is 2.34 bits per heavy atom. The Hall–Kier alpha value is -2.04. The van der Waals surface area contributed by atoms with Crippen molar-refractivity contribution >= 4 is 12.0 Å². The van der Waals surface area contributed by atoms with Crippen LogP contribution in [-0.2, 0) is 10.2 Å². The predicted molar refractivity (Wildman–Crippen MR) is 123 cm³/mol. The highest BCUT2D eigenvalue weighted by Crippen LogP contribution is 2.55. The van der Waals surface area contributed by atoms with Crippen LogP contribution in [0.5, 0.6) is 0 Å². The van der Waals surface area contributed by atoms with Gasteiger partial charge in [-0.05, 0) is 110 Å². The second-order valence-corrected chi connectivity index (χ2v) is 11.7. The number of carbonyl (C=O) groups excluding carboxylic acids is 1. The molecule has 2 N–H and O–H groups in total. The zero-order valence-electron chi connectivity index (χ0n) is 19.2. The number of aliphatic carboxylic acids is 1. The molecule has 5 heteroatoms. The van der Waals surface area contributed by atoms with Crippen molar-refractivity contribution in [1.29, 1.82) is 0 Å². The van der Waals surface area contributed by atoms with Gasteiger partial charge in [0.05, 0.1) is 6.42 Å². The minimum absolute atomic E-state index is 0.0280. The fraction of sp³-hybridized carbons (Fsp3) is 0.704. The molecule has 5 fully saturated rings. The first-order chi connectivity index (χ1) is 15.4. The number of likely N-dealkylation sites (tertiary alicyclic amines) is 1. The molecule has 1 spiro atoms. The molecule has 4 bridgehead atoms. The van der Waals surface area contributed by atoms with Gasteiger partial charge in [-0.2, -0.15) is 0 Å². The van der Waals surface area contributed by atoms with Crippen molar-refractivity contribution in [3.05, 3.63) is 34.9 Å². The lowest BCUT2D eigenvalue weighted by molar-refractivity contribution is -0.137. The maximum absolute atomic E-state index is 13.3. The highest BCUT2D eigenvalue weighted by atomic mass is 16.4. The Morgan fingerprint density at radius 1 is 1.06 bits per heavy atom. The number of carboxylic acid groups (broad SMARTS) is 1. The number of nitrogens with one attached hydrogen (secondary N) is 1. The Balaban J connectivity index is 1.14. The number of amides is 2. The number of nitrogens with zero attached hydrogens (tertiary/aromatic N) is 1. The summed E-state index contributed by atoms with van der Waals surface area (Å²) in [6.45, 7) is 3.70. The lowest BCUT2D eigenvalue weighted by Gasteiger charge is -2.54. The van der Waals surface area contributed by atoms with Crippen molar-refractivity contribution < 1.29 is 14.7 Å². The van der Waals surface area contributed by atoms with E-state index in [-0.39, 0.29) is 23.8 Å². The van der Waals surface area contributed by atoms with Crippen LogP contribution < -0.4 is 5.32 Å². The summed E-state index contributed by atoms with van der Waals surface area (Å²) in [5.74, 6) is 2.62. The molecule has 1 heterocycles. The molecular formula is C27H36N2O3. The van der Waals surface area contributed by atoms with Crippen LogP contribution in [0.3, 0.4) is 0 Å². The molecule has 4 saturated carbocycles. The first-order valence-electron chi connectivity index (χ1n) is 12.8. The molecule has 7 rings (SSSR count). The minimum Gasteiger partial charge on any atom is -0.481 e. The summed E-state index contributed by atoms with van der Waals surface area (Å²) in [4.78, 5) is 26.8. The zero-order chi connectivity index (χ0) is 22.0. The van der Waals surface area contributed by atoms with Crippen molar-refractivity contribution in [3.8, 4) is 0 Å². The summed E-state index contributed by atoms with van der Waals surface area (Å²) in [7, 11) is 0. The fourth-order valence-electron chi connectivity index (χ4n) is 8.82. The minimum atomic E-state index is -0.716. The third-order valence-electron chi connectivity index (χ3n) is 9.86. The highest BCUT2D eigenvalue weighted by molar-refractivity contribution is 5.75. The SMILES string of the molecule is Cc1cccc2c1C1(CCN(C(=O)NC3C4CC5CC(C4)CC3C5)CC1)CC2CC(=O)O. The molecule has 1 atom stereocenters. The molecule has 1 aromatic carbocycles. The molecule has 32 heavy (non-hydrogen) atoms. The monoisotopic (exact) mass is 436 g/mol. The van der Waals surface area contributed by atoms with E-state index in [0.29, 0.717) is 17.9 Å². The van der Waals surface area contributed by atoms with E-state index >= 15 is 0 Å². The lowest BCUT2D eigenvalue weighted by Crippen LogP contribution is -2.59. The number of fused-ring (bicyclic) bond motifs is 2. The van der Waals surface area contributed by atoms with Crippen LogP contribution in [0.4, 0.5) is 4.79 Å². The number of benzene rings is 1. The number of carboxylic acids is 1. The number of hydrogen-bond donors (Lipinski definition) is 2. The summed E-state index contributed by atoms with van der Waals surface area (Å²) in [6.07, 6.45) is 9.71. The van der Waals surface area contributed by atoms with Crippen molar-refractivity contribution in [2.45, 2.75) is 82.1 Å². The topological polar surface area (TPSA) is 69.6 Å². The molecule has 1 saturated heterocycles. The first kappa shape index (κ1) is 20.6. The number of hydrogen-bond acceptors (Lipinski definition) is 2. The van der Waals surface area contributed by atoms with Gasteiger partial charge in [-0.1, -0.05) is 18.2 Å². The van der Waals surface area contributed by atoms with Gasteiger partial charge >= 0.3 is 12.0 Å². The van der Waals surface area contributed by atoms with Crippen LogP contribution in [0.1, 0.15) is 80.4 Å². The van der Waals surface area contributed by atoms with Crippen molar-refractivity contribution in [3.63, 3.8) is 0 Å². The Kier molecular flexibility index (Phi) is 4.82. The van der Waals surface area contributed by atoms with E-state index < -0.39 is 5.97 Å². The predicted octanol–water partition coefficient (Wildman–Crippen LogP) is 4.82. The largest absolute Gasteiger partial charge is 0.481 e. The average molecular weight is 437 g/mol. The van der Waals surface area contributed by atoms with Gasteiger partial charge in [-0.25, -0.2) is 4.79 Å². The number of carbonyl (C=O) groups is 2. The van der Waals surface area contributed by atoms with E-state index in [9.17, 15) is 14.7 Å². The van der Waals surface area contributed by atoms with Crippen LogP contribution in [-0.4, -0.2) is 41.1 Å². The van der Waals surface area contributed by atoms with E-state index in [4.69, 9.17) is 0 Å². The molecular weight excluding hydrogens is 400 g/mol. The summed E-state index contributed by atoms with van der Waals surface area (Å²) in [6, 6.07) is 6.89. The second kappa shape index (κ2) is 7.50. The summed E-state index contributed by atoms with van der Waals surface area (Å²) < 4.78 is 0. The van der Waals surface area contributed by atoms with Crippen LogP contribution >= 0.6 is 0 Å². The molecule has 1 unspecified atom stereocenters. The van der Waals surface area contributed by atoms with Gasteiger partial charge in [0.1, 0.15) is 0 Å². The van der Waals surface area contributed by atoms with Gasteiger partial charge in [0.15, 0.2) is 0 Å². The smallest absolute Gasteiger partial charge is 0.317 e. The van der Waals surface area contributed by atoms with Gasteiger partial charge in [0.25, 0.3) is 0 Å². The van der Waals surface area contributed by atoms with Gasteiger partial charge in [-0.15, -0.1) is 0 Å². The van der Waals surface area contributed by atoms with Crippen molar-refractivity contribution in [2.24, 2.45) is 23.7 Å². The number of urea groups is 1. The maximum atomic E-state index is 13.3. The number of piperidine rings is 1. The molecule has 1 aliphatic heterocycles. The van der Waals surface area contributed by atoms with Crippen LogP contribution in [0.25, 0.3) is 0 Å². The quantitative estimate of drug-likeness (QED) is 0.713. The third kappa shape index (κ3) is 3.26. The van der Waals surface area contributed by atoms with Gasteiger partial charge < -0.3 is 15.3 Å². The molecule has 172 valence electrons. The molecule has 0 radical (unpaired) electrons. The normalized spacial score (nSPS) is 36.3. The van der Waals surface area contributed by atoms with E-state index in [2.05, 4.69) is 30.4 Å². The summed E-state index contributed by atoms with van der Waals surface area (Å²) >= 11 is 0. The second-order valence-electron chi connectivity index (χ2n) is 11.7. The Morgan fingerprint density at radius 2 is 1.72 bits per heavy atom. The molecule has 5 nitrogen and oxygen atoms in total. The molecule has 5 aliphatic carbocycles. The van der Waals surface area contributed by atoms with E-state index in [0.717, 1.165) is 44.2 Å². The summed E-state index contributed by atoms with van der Waals surface area (Å²) in [5, 5.41) is 12.9. The maximum Gasteiger partial charge on any atom is 0.317 e. The number of aryl methyl sites for hydroxylation is 1. The first-order valence-corrected chi connectivity index (χ1v) is 12.8. The molecule has 0 aromatic heterocycles. The fourth-order valence-corrected chi connectivity index (χ4v) is 8.82. The van der Waals surface area contributed by atoms with Gasteiger partial charge in [0.2, 0.25) is 0 Å². The van der Waals surface area contributed by atoms with Gasteiger partial charge in [-0.3, -0.25) is 4.79 Å². The average Bonchev–Trinajstić information content (AvgIpc) is 3.04. The van der Waals surface area contributed by atoms with Crippen LogP contribution in [0.15, 0.2) is 18.2 Å². The number of rotatable bonds is 3. The third-order valence-corrected chi connectivity index (χ3v) is 9.86. The van der Waals surface area contributed by atoms with E-state index in [1.54, 1.807) is 0 Å². The van der Waals surface area contributed by atoms with E-state index in [1.165, 1.54) is 48.8 Å². The van der Waals surface area contributed by atoms with E-state index in [1.807, 2.05) is 4.90 Å². The van der Waals surface area contributed by atoms with Crippen LogP contribution in [0, 0.1) is 30.6 Å². The molecule has 1 aromatic rings. The molecule has 6 aliphatic rings. The van der Waals surface area contributed by atoms with Crippen molar-refractivity contribution in [1.82, 2.24) is 10.2 Å². The zero-order valence-corrected chi connectivity index (χ0v) is 19.2. The van der Waals surface area contributed by atoms with Crippen LogP contribution in [0.2, 0.25) is 0 Å². The van der Waals surface area contributed by atoms with Gasteiger partial charge in [0, 0.05) is 19.1 Å². The molecule has 2 amide bonds. The summed E-state index contributed by atoms with van der Waals surface area (Å²) in [5.41, 5.74) is 3.92. The standard InChI is InChI=1S/C27H36N2O3/c1-16-3-2-4-22-21(14-23(30)31)15-27(24(16)22)5-7-29(8-6-27)26(32)28-25-19-10-17-9-18(12-19)13-20(25)11-17/h2-4,17-21,25H,5-15H2,1H3,(H,28,32)(H,30,31).